The Morgan fingerprint density at radius 1 is 0.955 bits per heavy atom. The first-order chi connectivity index (χ1) is 10.2. The lowest BCUT2D eigenvalue weighted by Crippen LogP contribution is -2.26. The van der Waals surface area contributed by atoms with Gasteiger partial charge >= 0.3 is 0 Å². The van der Waals surface area contributed by atoms with Crippen molar-refractivity contribution in [2.75, 3.05) is 10.0 Å². The second-order valence-corrected chi connectivity index (χ2v) is 7.86. The predicted octanol–water partition coefficient (Wildman–Crippen LogP) is 3.14. The number of hydrogen-bond donors (Lipinski definition) is 2. The summed E-state index contributed by atoms with van der Waals surface area (Å²) in [6.07, 6.45) is 0. The summed E-state index contributed by atoms with van der Waals surface area (Å²) in [7, 11) is -3.71. The topological polar surface area (TPSA) is 84.0 Å². The molecule has 0 atom stereocenters. The maximum absolute atomic E-state index is 12.2. The standard InChI is InChI=1S/C14H17ClN4O2S/c1-14(2,3)16-12-8-9-13(18-17-12)19-22(20,21)11-6-4-10(15)5-7-11/h4-9H,1-3H3,(H,16,17)(H,18,19). The molecular weight excluding hydrogens is 324 g/mol. The summed E-state index contributed by atoms with van der Waals surface area (Å²) >= 11 is 5.75. The molecule has 0 spiro atoms. The zero-order valence-electron chi connectivity index (χ0n) is 12.5. The van der Waals surface area contributed by atoms with Gasteiger partial charge in [-0.05, 0) is 57.2 Å². The van der Waals surface area contributed by atoms with Crippen molar-refractivity contribution in [2.45, 2.75) is 31.2 Å². The van der Waals surface area contributed by atoms with Gasteiger partial charge in [0.2, 0.25) is 0 Å². The van der Waals surface area contributed by atoms with E-state index in [2.05, 4.69) is 20.2 Å². The molecule has 2 N–H and O–H groups in total. The molecule has 0 aliphatic heterocycles. The molecule has 1 heterocycles. The van der Waals surface area contributed by atoms with E-state index in [1.807, 2.05) is 20.8 Å². The average Bonchev–Trinajstić information content (AvgIpc) is 2.39. The zero-order chi connectivity index (χ0) is 16.4. The van der Waals surface area contributed by atoms with Gasteiger partial charge < -0.3 is 5.32 Å². The van der Waals surface area contributed by atoms with Crippen LogP contribution in [0.15, 0.2) is 41.3 Å². The Kier molecular flexibility index (Phi) is 4.58. The summed E-state index contributed by atoms with van der Waals surface area (Å²) < 4.78 is 26.7. The number of sulfonamides is 1. The van der Waals surface area contributed by atoms with Gasteiger partial charge in [-0.2, -0.15) is 0 Å². The molecule has 2 aromatic rings. The van der Waals surface area contributed by atoms with Crippen LogP contribution in [0, 0.1) is 0 Å². The maximum Gasteiger partial charge on any atom is 0.263 e. The van der Waals surface area contributed by atoms with E-state index in [1.165, 1.54) is 24.3 Å². The van der Waals surface area contributed by atoms with E-state index >= 15 is 0 Å². The van der Waals surface area contributed by atoms with Gasteiger partial charge in [-0.1, -0.05) is 11.6 Å². The summed E-state index contributed by atoms with van der Waals surface area (Å²) in [5.41, 5.74) is -0.154. The molecule has 2 rings (SSSR count). The van der Waals surface area contributed by atoms with Crippen LogP contribution < -0.4 is 10.0 Å². The summed E-state index contributed by atoms with van der Waals surface area (Å²) in [4.78, 5) is 0.107. The van der Waals surface area contributed by atoms with Crippen molar-refractivity contribution in [3.05, 3.63) is 41.4 Å². The van der Waals surface area contributed by atoms with Crippen LogP contribution in [0.5, 0.6) is 0 Å². The van der Waals surface area contributed by atoms with E-state index in [0.29, 0.717) is 10.8 Å². The van der Waals surface area contributed by atoms with E-state index in [0.717, 1.165) is 0 Å². The molecule has 118 valence electrons. The van der Waals surface area contributed by atoms with Crippen LogP contribution in [0.25, 0.3) is 0 Å². The van der Waals surface area contributed by atoms with E-state index < -0.39 is 10.0 Å². The predicted molar refractivity (Wildman–Crippen MR) is 87.7 cm³/mol. The van der Waals surface area contributed by atoms with E-state index in [4.69, 9.17) is 11.6 Å². The Morgan fingerprint density at radius 3 is 2.00 bits per heavy atom. The molecule has 0 aliphatic rings. The minimum atomic E-state index is -3.71. The maximum atomic E-state index is 12.2. The number of rotatable bonds is 4. The van der Waals surface area contributed by atoms with E-state index in [1.54, 1.807) is 12.1 Å². The van der Waals surface area contributed by atoms with Crippen LogP contribution in [0.1, 0.15) is 20.8 Å². The van der Waals surface area contributed by atoms with Crippen molar-refractivity contribution in [3.63, 3.8) is 0 Å². The monoisotopic (exact) mass is 340 g/mol. The molecule has 0 radical (unpaired) electrons. The Hall–Kier alpha value is -1.86. The Bertz CT molecular complexity index is 738. The minimum Gasteiger partial charge on any atom is -0.364 e. The summed E-state index contributed by atoms with van der Waals surface area (Å²) in [6.45, 7) is 5.98. The first-order valence-electron chi connectivity index (χ1n) is 6.56. The lowest BCUT2D eigenvalue weighted by atomic mass is 10.1. The van der Waals surface area contributed by atoms with Gasteiger partial charge in [0.25, 0.3) is 10.0 Å². The molecule has 0 aliphatic carbocycles. The smallest absolute Gasteiger partial charge is 0.263 e. The molecule has 0 unspecified atom stereocenters. The first kappa shape index (κ1) is 16.5. The third kappa shape index (κ3) is 4.57. The minimum absolute atomic E-state index is 0.107. The lowest BCUT2D eigenvalue weighted by Gasteiger charge is -2.20. The van der Waals surface area contributed by atoms with Gasteiger partial charge in [0.05, 0.1) is 4.90 Å². The molecule has 0 saturated carbocycles. The average molecular weight is 341 g/mol. The van der Waals surface area contributed by atoms with Gasteiger partial charge in [-0.3, -0.25) is 4.72 Å². The van der Waals surface area contributed by atoms with Crippen LogP contribution in [0.2, 0.25) is 5.02 Å². The highest BCUT2D eigenvalue weighted by Gasteiger charge is 2.15. The molecule has 1 aromatic carbocycles. The zero-order valence-corrected chi connectivity index (χ0v) is 14.0. The van der Waals surface area contributed by atoms with Crippen LogP contribution in [0.4, 0.5) is 11.6 Å². The number of benzene rings is 1. The fraction of sp³-hybridized carbons (Fsp3) is 0.286. The van der Waals surface area contributed by atoms with Crippen LogP contribution >= 0.6 is 11.6 Å². The number of halogens is 1. The highest BCUT2D eigenvalue weighted by molar-refractivity contribution is 7.92. The fourth-order valence-electron chi connectivity index (χ4n) is 1.65. The lowest BCUT2D eigenvalue weighted by molar-refractivity contribution is 0.600. The number of nitrogens with zero attached hydrogens (tertiary/aromatic N) is 2. The van der Waals surface area contributed by atoms with Crippen LogP contribution in [-0.4, -0.2) is 24.2 Å². The number of hydrogen-bond acceptors (Lipinski definition) is 5. The van der Waals surface area contributed by atoms with Crippen molar-refractivity contribution < 1.29 is 8.42 Å². The third-order valence-corrected chi connectivity index (χ3v) is 4.15. The van der Waals surface area contributed by atoms with Crippen molar-refractivity contribution in [3.8, 4) is 0 Å². The largest absolute Gasteiger partial charge is 0.364 e. The molecule has 6 nitrogen and oxygen atoms in total. The molecule has 0 bridgehead atoms. The van der Waals surface area contributed by atoms with Crippen molar-refractivity contribution >= 4 is 33.3 Å². The van der Waals surface area contributed by atoms with Crippen molar-refractivity contribution in [1.82, 2.24) is 10.2 Å². The Labute approximate surface area is 135 Å². The summed E-state index contributed by atoms with van der Waals surface area (Å²) in [6, 6.07) is 9.09. The van der Waals surface area contributed by atoms with Crippen molar-refractivity contribution in [2.24, 2.45) is 0 Å². The summed E-state index contributed by atoms with van der Waals surface area (Å²) in [5.74, 6) is 0.719. The van der Waals surface area contributed by atoms with Gasteiger partial charge in [-0.25, -0.2) is 8.42 Å². The first-order valence-corrected chi connectivity index (χ1v) is 8.42. The molecule has 8 heteroatoms. The van der Waals surface area contributed by atoms with Gasteiger partial charge in [-0.15, -0.1) is 10.2 Å². The van der Waals surface area contributed by atoms with Gasteiger partial charge in [0.15, 0.2) is 5.82 Å². The normalized spacial score (nSPS) is 12.0. The number of nitrogens with one attached hydrogen (secondary N) is 2. The second kappa shape index (κ2) is 6.10. The Morgan fingerprint density at radius 2 is 1.50 bits per heavy atom. The second-order valence-electron chi connectivity index (χ2n) is 5.74. The SMILES string of the molecule is CC(C)(C)Nc1ccc(NS(=O)(=O)c2ccc(Cl)cc2)nn1. The molecule has 0 fully saturated rings. The van der Waals surface area contributed by atoms with Crippen LogP contribution in [-0.2, 0) is 10.0 Å². The van der Waals surface area contributed by atoms with Crippen molar-refractivity contribution in [1.29, 1.82) is 0 Å². The van der Waals surface area contributed by atoms with Crippen LogP contribution in [0.3, 0.4) is 0 Å². The summed E-state index contributed by atoms with van der Waals surface area (Å²) in [5, 5.41) is 11.4. The quantitative estimate of drug-likeness (QED) is 0.893. The number of aromatic nitrogens is 2. The third-order valence-electron chi connectivity index (χ3n) is 2.53. The highest BCUT2D eigenvalue weighted by Crippen LogP contribution is 2.18. The van der Waals surface area contributed by atoms with E-state index in [-0.39, 0.29) is 16.3 Å². The molecular formula is C14H17ClN4O2S. The van der Waals surface area contributed by atoms with E-state index in [9.17, 15) is 8.42 Å². The molecule has 1 aromatic heterocycles. The molecule has 0 saturated heterocycles. The number of anilines is 2. The fourth-order valence-corrected chi connectivity index (χ4v) is 2.77. The Balaban J connectivity index is 2.14. The molecule has 22 heavy (non-hydrogen) atoms. The molecule has 0 amide bonds. The highest BCUT2D eigenvalue weighted by atomic mass is 35.5. The van der Waals surface area contributed by atoms with Gasteiger partial charge in [0, 0.05) is 10.6 Å². The van der Waals surface area contributed by atoms with Gasteiger partial charge in [0.1, 0.15) is 5.82 Å².